The zero-order chi connectivity index (χ0) is 15.0. The van der Waals surface area contributed by atoms with Gasteiger partial charge in [0.25, 0.3) is 0 Å². The molecule has 0 unspecified atom stereocenters. The second kappa shape index (κ2) is 5.10. The van der Waals surface area contributed by atoms with E-state index in [9.17, 15) is 9.59 Å². The number of furan rings is 1. The molecule has 21 heavy (non-hydrogen) atoms. The number of aromatic nitrogens is 1. The minimum atomic E-state index is -0.337. The molecule has 2 heterocycles. The summed E-state index contributed by atoms with van der Waals surface area (Å²) in [6.45, 7) is 1.38. The number of amides is 1. The van der Waals surface area contributed by atoms with Crippen LogP contribution in [0.3, 0.4) is 0 Å². The third-order valence-electron chi connectivity index (χ3n) is 3.03. The van der Waals surface area contributed by atoms with Crippen molar-refractivity contribution in [1.29, 1.82) is 0 Å². The van der Waals surface area contributed by atoms with Crippen molar-refractivity contribution in [2.24, 2.45) is 0 Å². The monoisotopic (exact) mass is 302 g/mol. The topological polar surface area (TPSA) is 75.1 Å². The van der Waals surface area contributed by atoms with Gasteiger partial charge >= 0.3 is 0 Å². The fourth-order valence-electron chi connectivity index (χ4n) is 2.18. The number of carbonyl (C=O) groups excluding carboxylic acids is 2. The standard InChI is InChI=1S/C15H11ClN2O3/c1-8(19)17-13-10-5-4-9(16)7-11(10)18-14(13)15(20)12-3-2-6-21-12/h2-7,18H,1H3,(H,17,19). The van der Waals surface area contributed by atoms with Crippen LogP contribution in [0.2, 0.25) is 5.02 Å². The van der Waals surface area contributed by atoms with Gasteiger partial charge in [0.05, 0.1) is 12.0 Å². The van der Waals surface area contributed by atoms with Gasteiger partial charge in [-0.15, -0.1) is 0 Å². The van der Waals surface area contributed by atoms with Crippen molar-refractivity contribution in [3.05, 3.63) is 53.1 Å². The highest BCUT2D eigenvalue weighted by atomic mass is 35.5. The molecule has 0 aliphatic heterocycles. The summed E-state index contributed by atoms with van der Waals surface area (Å²) in [4.78, 5) is 26.8. The van der Waals surface area contributed by atoms with Crippen molar-refractivity contribution < 1.29 is 14.0 Å². The van der Waals surface area contributed by atoms with E-state index >= 15 is 0 Å². The zero-order valence-corrected chi connectivity index (χ0v) is 11.8. The lowest BCUT2D eigenvalue weighted by Crippen LogP contribution is -2.10. The minimum absolute atomic E-state index is 0.194. The highest BCUT2D eigenvalue weighted by Crippen LogP contribution is 2.31. The Bertz CT molecular complexity index is 834. The summed E-state index contributed by atoms with van der Waals surface area (Å²) in [6, 6.07) is 8.34. The van der Waals surface area contributed by atoms with Gasteiger partial charge in [0, 0.05) is 22.8 Å². The van der Waals surface area contributed by atoms with Crippen molar-refractivity contribution in [2.75, 3.05) is 5.32 Å². The van der Waals surface area contributed by atoms with Gasteiger partial charge in [-0.1, -0.05) is 11.6 Å². The second-order valence-electron chi connectivity index (χ2n) is 4.55. The molecule has 0 fully saturated rings. The lowest BCUT2D eigenvalue weighted by molar-refractivity contribution is -0.114. The predicted molar refractivity (Wildman–Crippen MR) is 79.8 cm³/mol. The summed E-state index contributed by atoms with van der Waals surface area (Å²) in [7, 11) is 0. The first-order chi connectivity index (χ1) is 10.1. The van der Waals surface area contributed by atoms with Gasteiger partial charge in [0.2, 0.25) is 11.7 Å². The van der Waals surface area contributed by atoms with Gasteiger partial charge in [0.15, 0.2) is 5.76 Å². The third-order valence-corrected chi connectivity index (χ3v) is 3.27. The molecule has 3 rings (SSSR count). The van der Waals surface area contributed by atoms with E-state index in [1.807, 2.05) is 0 Å². The Labute approximate surface area is 124 Å². The Balaban J connectivity index is 2.20. The van der Waals surface area contributed by atoms with E-state index in [1.165, 1.54) is 13.2 Å². The quantitative estimate of drug-likeness (QED) is 0.726. The summed E-state index contributed by atoms with van der Waals surface area (Å²) in [5.41, 5.74) is 1.36. The Morgan fingerprint density at radius 2 is 2.10 bits per heavy atom. The van der Waals surface area contributed by atoms with Crippen LogP contribution in [0.25, 0.3) is 10.9 Å². The van der Waals surface area contributed by atoms with Crippen LogP contribution in [0.1, 0.15) is 23.2 Å². The molecule has 1 aromatic carbocycles. The predicted octanol–water partition coefficient (Wildman–Crippen LogP) is 3.60. The number of rotatable bonds is 3. The van der Waals surface area contributed by atoms with Crippen LogP contribution in [-0.4, -0.2) is 16.7 Å². The number of hydrogen-bond donors (Lipinski definition) is 2. The van der Waals surface area contributed by atoms with Crippen molar-refractivity contribution in [3.8, 4) is 0 Å². The maximum atomic E-state index is 12.5. The molecule has 0 aliphatic rings. The number of nitrogens with one attached hydrogen (secondary N) is 2. The first-order valence-corrected chi connectivity index (χ1v) is 6.61. The van der Waals surface area contributed by atoms with Crippen molar-refractivity contribution in [1.82, 2.24) is 4.98 Å². The number of fused-ring (bicyclic) bond motifs is 1. The molecular formula is C15H11ClN2O3. The first kappa shape index (κ1) is 13.5. The molecule has 3 aromatic rings. The molecule has 6 heteroatoms. The molecule has 0 bridgehead atoms. The Morgan fingerprint density at radius 3 is 2.76 bits per heavy atom. The molecule has 2 aromatic heterocycles. The third kappa shape index (κ3) is 2.43. The van der Waals surface area contributed by atoms with Crippen LogP contribution in [-0.2, 0) is 4.79 Å². The van der Waals surface area contributed by atoms with Crippen LogP contribution >= 0.6 is 11.6 Å². The summed E-state index contributed by atoms with van der Waals surface area (Å²) in [5.74, 6) is -0.408. The molecule has 0 radical (unpaired) electrons. The minimum Gasteiger partial charge on any atom is -0.461 e. The van der Waals surface area contributed by atoms with Gasteiger partial charge in [-0.25, -0.2) is 0 Å². The first-order valence-electron chi connectivity index (χ1n) is 6.23. The van der Waals surface area contributed by atoms with E-state index in [4.69, 9.17) is 16.0 Å². The number of ketones is 1. The smallest absolute Gasteiger partial charge is 0.246 e. The van der Waals surface area contributed by atoms with E-state index in [-0.39, 0.29) is 23.1 Å². The van der Waals surface area contributed by atoms with Gasteiger partial charge in [-0.2, -0.15) is 0 Å². The highest BCUT2D eigenvalue weighted by molar-refractivity contribution is 6.31. The van der Waals surface area contributed by atoms with E-state index < -0.39 is 0 Å². The lowest BCUT2D eigenvalue weighted by Gasteiger charge is -2.03. The summed E-state index contributed by atoms with van der Waals surface area (Å²) >= 11 is 5.95. The fraction of sp³-hybridized carbons (Fsp3) is 0.0667. The second-order valence-corrected chi connectivity index (χ2v) is 4.99. The van der Waals surface area contributed by atoms with Crippen molar-refractivity contribution in [2.45, 2.75) is 6.92 Å². The molecule has 0 saturated carbocycles. The van der Waals surface area contributed by atoms with E-state index in [2.05, 4.69) is 10.3 Å². The normalized spacial score (nSPS) is 10.8. The number of anilines is 1. The average Bonchev–Trinajstić information content (AvgIpc) is 3.05. The molecule has 1 amide bonds. The molecule has 0 spiro atoms. The number of benzene rings is 1. The Hall–Kier alpha value is -2.53. The number of aromatic amines is 1. The van der Waals surface area contributed by atoms with Crippen LogP contribution in [0, 0.1) is 0 Å². The summed E-state index contributed by atoms with van der Waals surface area (Å²) in [6.07, 6.45) is 1.42. The number of halogens is 1. The number of hydrogen-bond acceptors (Lipinski definition) is 3. The van der Waals surface area contributed by atoms with Gasteiger partial charge in [-0.3, -0.25) is 9.59 Å². The molecular weight excluding hydrogens is 292 g/mol. The fourth-order valence-corrected chi connectivity index (χ4v) is 2.35. The van der Waals surface area contributed by atoms with Crippen molar-refractivity contribution in [3.63, 3.8) is 0 Å². The Morgan fingerprint density at radius 1 is 1.29 bits per heavy atom. The molecule has 5 nitrogen and oxygen atoms in total. The van der Waals surface area contributed by atoms with Crippen LogP contribution in [0.5, 0.6) is 0 Å². The molecule has 0 atom stereocenters. The van der Waals surface area contributed by atoms with Crippen molar-refractivity contribution >= 4 is 39.9 Å². The van der Waals surface area contributed by atoms with Crippen LogP contribution in [0.15, 0.2) is 41.0 Å². The molecule has 0 saturated heterocycles. The van der Waals surface area contributed by atoms with Gasteiger partial charge in [0.1, 0.15) is 5.69 Å². The van der Waals surface area contributed by atoms with E-state index in [1.54, 1.807) is 30.3 Å². The van der Waals surface area contributed by atoms with Crippen LogP contribution < -0.4 is 5.32 Å². The Kier molecular flexibility index (Phi) is 3.27. The van der Waals surface area contributed by atoms with Crippen LogP contribution in [0.4, 0.5) is 5.69 Å². The van der Waals surface area contributed by atoms with E-state index in [0.717, 1.165) is 0 Å². The maximum Gasteiger partial charge on any atom is 0.246 e. The average molecular weight is 303 g/mol. The zero-order valence-electron chi connectivity index (χ0n) is 11.1. The largest absolute Gasteiger partial charge is 0.461 e. The van der Waals surface area contributed by atoms with E-state index in [0.29, 0.717) is 21.6 Å². The number of carbonyl (C=O) groups is 2. The van der Waals surface area contributed by atoms with Gasteiger partial charge in [-0.05, 0) is 30.3 Å². The molecule has 2 N–H and O–H groups in total. The summed E-state index contributed by atoms with van der Waals surface area (Å²) in [5, 5.41) is 3.93. The SMILES string of the molecule is CC(=O)Nc1c(C(=O)c2ccco2)[nH]c2cc(Cl)ccc12. The maximum absolute atomic E-state index is 12.5. The number of H-pyrrole nitrogens is 1. The highest BCUT2D eigenvalue weighted by Gasteiger charge is 2.21. The summed E-state index contributed by atoms with van der Waals surface area (Å²) < 4.78 is 5.12. The molecule has 106 valence electrons. The van der Waals surface area contributed by atoms with Gasteiger partial charge < -0.3 is 14.7 Å². The lowest BCUT2D eigenvalue weighted by atomic mass is 10.1. The molecule has 0 aliphatic carbocycles.